The SMILES string of the molecule is ICCCC(C12CC3CC(CC(C3)C1)C2)C12CC3CC(CC(C3)C1)C2. The van der Waals surface area contributed by atoms with Crippen molar-refractivity contribution < 1.29 is 0 Å². The summed E-state index contributed by atoms with van der Waals surface area (Å²) in [6, 6.07) is 0. The Morgan fingerprint density at radius 3 is 1.20 bits per heavy atom. The highest BCUT2D eigenvalue weighted by Gasteiger charge is 2.62. The Labute approximate surface area is 168 Å². The lowest BCUT2D eigenvalue weighted by Crippen LogP contribution is -2.58. The lowest BCUT2D eigenvalue weighted by atomic mass is 9.38. The van der Waals surface area contributed by atoms with Crippen LogP contribution in [0, 0.1) is 52.3 Å². The van der Waals surface area contributed by atoms with E-state index < -0.39 is 0 Å². The highest BCUT2D eigenvalue weighted by molar-refractivity contribution is 14.1. The van der Waals surface area contributed by atoms with E-state index in [1.54, 1.807) is 83.5 Å². The van der Waals surface area contributed by atoms with Crippen molar-refractivity contribution in [3.63, 3.8) is 0 Å². The molecule has 0 saturated heterocycles. The van der Waals surface area contributed by atoms with Crippen LogP contribution in [0.1, 0.15) is 89.9 Å². The third kappa shape index (κ3) is 2.55. The fraction of sp³-hybridized carbons (Fsp3) is 1.00. The predicted molar refractivity (Wildman–Crippen MR) is 113 cm³/mol. The van der Waals surface area contributed by atoms with Crippen LogP contribution in [0.4, 0.5) is 0 Å². The molecule has 0 amide bonds. The van der Waals surface area contributed by atoms with Gasteiger partial charge in [-0.1, -0.05) is 22.6 Å². The van der Waals surface area contributed by atoms with E-state index in [2.05, 4.69) is 22.6 Å². The zero-order chi connectivity index (χ0) is 16.6. The highest BCUT2D eigenvalue weighted by Crippen LogP contribution is 2.72. The summed E-state index contributed by atoms with van der Waals surface area (Å²) in [6.07, 6.45) is 22.8. The molecule has 0 radical (unpaired) electrons. The summed E-state index contributed by atoms with van der Waals surface area (Å²) in [7, 11) is 0. The molecule has 0 aromatic heterocycles. The fourth-order valence-electron chi connectivity index (χ4n) is 10.8. The van der Waals surface area contributed by atoms with Crippen molar-refractivity contribution in [3.8, 4) is 0 Å². The second-order valence-electron chi connectivity index (χ2n) is 11.9. The van der Waals surface area contributed by atoms with Gasteiger partial charge in [0.05, 0.1) is 0 Å². The smallest absolute Gasteiger partial charge is 0.000462 e. The van der Waals surface area contributed by atoms with Gasteiger partial charge in [0.25, 0.3) is 0 Å². The van der Waals surface area contributed by atoms with Gasteiger partial charge in [-0.25, -0.2) is 0 Å². The van der Waals surface area contributed by atoms with Crippen LogP contribution in [-0.2, 0) is 0 Å². The molecule has 0 unspecified atom stereocenters. The average Bonchev–Trinajstić information content (AvgIpc) is 2.52. The summed E-state index contributed by atoms with van der Waals surface area (Å²) in [4.78, 5) is 0. The molecule has 0 aromatic carbocycles. The topological polar surface area (TPSA) is 0 Å². The fourth-order valence-corrected chi connectivity index (χ4v) is 11.2. The average molecular weight is 452 g/mol. The molecule has 8 aliphatic carbocycles. The molecule has 140 valence electrons. The van der Waals surface area contributed by atoms with Gasteiger partial charge in [-0.15, -0.1) is 0 Å². The number of hydrogen-bond donors (Lipinski definition) is 0. The number of alkyl halides is 1. The van der Waals surface area contributed by atoms with Crippen molar-refractivity contribution in [3.05, 3.63) is 0 Å². The molecule has 8 fully saturated rings. The lowest BCUT2D eigenvalue weighted by Gasteiger charge is -2.67. The van der Waals surface area contributed by atoms with Gasteiger partial charge in [0, 0.05) is 0 Å². The minimum atomic E-state index is 0.812. The maximum absolute atomic E-state index is 2.66. The van der Waals surface area contributed by atoms with E-state index in [1.165, 1.54) is 10.8 Å². The van der Waals surface area contributed by atoms with E-state index in [0.29, 0.717) is 0 Å². The van der Waals surface area contributed by atoms with Crippen LogP contribution in [0.3, 0.4) is 0 Å². The first-order valence-electron chi connectivity index (χ1n) is 11.7. The van der Waals surface area contributed by atoms with Gasteiger partial charge in [0.15, 0.2) is 0 Å². The standard InChI is InChI=1S/C24H37I/c25-3-1-2-22(23-10-16-4-17(11-23)6-18(5-16)12-23)24-13-19-7-20(14-24)9-21(8-19)15-24/h16-22H,1-15H2. The van der Waals surface area contributed by atoms with Gasteiger partial charge in [-0.05, 0) is 147 Å². The van der Waals surface area contributed by atoms with Gasteiger partial charge in [-0.2, -0.15) is 0 Å². The van der Waals surface area contributed by atoms with Gasteiger partial charge in [-0.3, -0.25) is 0 Å². The van der Waals surface area contributed by atoms with E-state index in [0.717, 1.165) is 52.3 Å². The van der Waals surface area contributed by atoms with Crippen molar-refractivity contribution in [2.75, 3.05) is 4.43 Å². The number of hydrogen-bond acceptors (Lipinski definition) is 0. The summed E-state index contributed by atoms with van der Waals surface area (Å²) in [5.74, 6) is 7.97. The quantitative estimate of drug-likeness (QED) is 0.304. The monoisotopic (exact) mass is 452 g/mol. The number of rotatable bonds is 5. The third-order valence-corrected chi connectivity index (χ3v) is 11.0. The summed E-state index contributed by atoms with van der Waals surface area (Å²) < 4.78 is 1.40. The van der Waals surface area contributed by atoms with E-state index >= 15 is 0 Å². The molecule has 1 heteroatoms. The zero-order valence-electron chi connectivity index (χ0n) is 16.0. The maximum Gasteiger partial charge on any atom is -0.000462 e. The van der Waals surface area contributed by atoms with Crippen molar-refractivity contribution in [1.29, 1.82) is 0 Å². The molecule has 0 aliphatic heterocycles. The predicted octanol–water partition coefficient (Wildman–Crippen LogP) is 7.25. The molecule has 0 heterocycles. The summed E-state index contributed by atoms with van der Waals surface area (Å²) in [6.45, 7) is 0. The van der Waals surface area contributed by atoms with Crippen molar-refractivity contribution in [2.45, 2.75) is 89.9 Å². The minimum absolute atomic E-state index is 0.812. The van der Waals surface area contributed by atoms with Crippen LogP contribution in [0.25, 0.3) is 0 Å². The van der Waals surface area contributed by atoms with Crippen LogP contribution < -0.4 is 0 Å². The highest BCUT2D eigenvalue weighted by atomic mass is 127. The van der Waals surface area contributed by atoms with Crippen LogP contribution in [0.5, 0.6) is 0 Å². The zero-order valence-corrected chi connectivity index (χ0v) is 18.2. The third-order valence-electron chi connectivity index (χ3n) is 10.3. The first-order valence-corrected chi connectivity index (χ1v) is 13.2. The Balaban J connectivity index is 1.37. The number of halogens is 1. The van der Waals surface area contributed by atoms with E-state index in [-0.39, 0.29) is 0 Å². The lowest BCUT2D eigenvalue weighted by molar-refractivity contribution is -0.174. The Kier molecular flexibility index (Phi) is 3.91. The van der Waals surface area contributed by atoms with Gasteiger partial charge in [0.2, 0.25) is 0 Å². The summed E-state index contributed by atoms with van der Waals surface area (Å²) >= 11 is 2.66. The van der Waals surface area contributed by atoms with Crippen LogP contribution in [0.15, 0.2) is 0 Å². The molecular formula is C24H37I. The minimum Gasteiger partial charge on any atom is -0.0864 e. The first kappa shape index (κ1) is 16.7. The molecule has 0 aromatic rings. The Morgan fingerprint density at radius 1 is 0.600 bits per heavy atom. The first-order chi connectivity index (χ1) is 12.2. The largest absolute Gasteiger partial charge is 0.0864 e. The van der Waals surface area contributed by atoms with E-state index in [4.69, 9.17) is 0 Å². The molecule has 8 bridgehead atoms. The van der Waals surface area contributed by atoms with Crippen LogP contribution in [-0.4, -0.2) is 4.43 Å². The van der Waals surface area contributed by atoms with Gasteiger partial charge in [0.1, 0.15) is 0 Å². The molecule has 8 aliphatic rings. The second-order valence-corrected chi connectivity index (χ2v) is 13.0. The molecule has 0 nitrogen and oxygen atoms in total. The summed E-state index contributed by atoms with van der Waals surface area (Å²) in [5, 5.41) is 0. The van der Waals surface area contributed by atoms with Crippen molar-refractivity contribution in [1.82, 2.24) is 0 Å². The Hall–Kier alpha value is 0.730. The van der Waals surface area contributed by atoms with Crippen LogP contribution >= 0.6 is 22.6 Å². The molecule has 8 saturated carbocycles. The van der Waals surface area contributed by atoms with Crippen molar-refractivity contribution in [2.24, 2.45) is 52.3 Å². The van der Waals surface area contributed by atoms with Gasteiger partial charge >= 0.3 is 0 Å². The van der Waals surface area contributed by atoms with Crippen molar-refractivity contribution >= 4 is 22.6 Å². The molecule has 25 heavy (non-hydrogen) atoms. The molecule has 8 rings (SSSR count). The Morgan fingerprint density at radius 2 is 0.920 bits per heavy atom. The molecular weight excluding hydrogens is 415 g/mol. The molecule has 0 atom stereocenters. The van der Waals surface area contributed by atoms with Gasteiger partial charge < -0.3 is 0 Å². The van der Waals surface area contributed by atoms with E-state index in [9.17, 15) is 0 Å². The maximum atomic E-state index is 2.66. The van der Waals surface area contributed by atoms with E-state index in [1.807, 2.05) is 0 Å². The Bertz CT molecular complexity index is 420. The van der Waals surface area contributed by atoms with Crippen LogP contribution in [0.2, 0.25) is 0 Å². The normalized spacial score (nSPS) is 56.5. The molecule has 0 spiro atoms. The second kappa shape index (κ2) is 5.86. The summed E-state index contributed by atoms with van der Waals surface area (Å²) in [5.41, 5.74) is 1.62. The molecule has 0 N–H and O–H groups in total.